The molecule has 2 aliphatic rings. The molecule has 0 saturated heterocycles. The first-order valence-corrected chi connectivity index (χ1v) is 7.95. The number of fused-ring (bicyclic) bond motifs is 2. The van der Waals surface area contributed by atoms with Crippen LogP contribution in [0.2, 0.25) is 0 Å². The van der Waals surface area contributed by atoms with Crippen molar-refractivity contribution in [3.63, 3.8) is 0 Å². The standard InChI is InChI=1S/C15H17BrClF/c16-13-3-4-14(18)11(6-13)8-15(9-17)7-10-1-2-12(15)5-10/h3-4,6,10,12H,1-2,5,7-9H2. The van der Waals surface area contributed by atoms with Crippen molar-refractivity contribution in [1.82, 2.24) is 0 Å². The van der Waals surface area contributed by atoms with Crippen LogP contribution in [0.15, 0.2) is 22.7 Å². The molecule has 0 aliphatic heterocycles. The minimum absolute atomic E-state index is 0.0922. The highest BCUT2D eigenvalue weighted by Gasteiger charge is 2.50. The summed E-state index contributed by atoms with van der Waals surface area (Å²) in [4.78, 5) is 0. The van der Waals surface area contributed by atoms with Gasteiger partial charge in [0.25, 0.3) is 0 Å². The Kier molecular flexibility index (Phi) is 3.44. The van der Waals surface area contributed by atoms with Gasteiger partial charge in [0, 0.05) is 10.4 Å². The van der Waals surface area contributed by atoms with Gasteiger partial charge in [0.1, 0.15) is 5.82 Å². The molecule has 0 spiro atoms. The summed E-state index contributed by atoms with van der Waals surface area (Å²) in [5.74, 6) is 2.12. The molecule has 3 rings (SSSR count). The third kappa shape index (κ3) is 2.12. The van der Waals surface area contributed by atoms with E-state index < -0.39 is 0 Å². The van der Waals surface area contributed by atoms with Crippen LogP contribution in [-0.2, 0) is 6.42 Å². The summed E-state index contributed by atoms with van der Waals surface area (Å²) in [6, 6.07) is 5.22. The average molecular weight is 332 g/mol. The van der Waals surface area contributed by atoms with Crippen LogP contribution in [0.1, 0.15) is 31.2 Å². The normalized spacial score (nSPS) is 34.2. The van der Waals surface area contributed by atoms with Gasteiger partial charge in [0.15, 0.2) is 0 Å². The zero-order chi connectivity index (χ0) is 12.8. The predicted octanol–water partition coefficient (Wildman–Crippen LogP) is 5.18. The second kappa shape index (κ2) is 4.79. The Morgan fingerprint density at radius 3 is 2.83 bits per heavy atom. The minimum Gasteiger partial charge on any atom is -0.207 e. The van der Waals surface area contributed by atoms with Crippen LogP contribution in [0.4, 0.5) is 4.39 Å². The lowest BCUT2D eigenvalue weighted by Gasteiger charge is -2.36. The van der Waals surface area contributed by atoms with Crippen LogP contribution in [0.3, 0.4) is 0 Å². The molecule has 0 radical (unpaired) electrons. The Bertz CT molecular complexity index is 462. The van der Waals surface area contributed by atoms with Gasteiger partial charge in [-0.05, 0) is 66.7 Å². The number of halogens is 3. The van der Waals surface area contributed by atoms with Gasteiger partial charge in [-0.15, -0.1) is 11.6 Å². The van der Waals surface area contributed by atoms with Crippen molar-refractivity contribution in [3.8, 4) is 0 Å². The monoisotopic (exact) mass is 330 g/mol. The second-order valence-electron chi connectivity index (χ2n) is 5.99. The molecule has 2 bridgehead atoms. The maximum atomic E-state index is 13.9. The van der Waals surface area contributed by atoms with Crippen LogP contribution in [0.5, 0.6) is 0 Å². The highest BCUT2D eigenvalue weighted by molar-refractivity contribution is 9.10. The Labute approximate surface area is 121 Å². The summed E-state index contributed by atoms with van der Waals surface area (Å²) in [5.41, 5.74) is 0.962. The molecule has 3 heteroatoms. The number of benzene rings is 1. The first-order chi connectivity index (χ1) is 8.63. The number of rotatable bonds is 3. The highest BCUT2D eigenvalue weighted by Crippen LogP contribution is 2.57. The summed E-state index contributed by atoms with van der Waals surface area (Å²) >= 11 is 9.69. The zero-order valence-electron chi connectivity index (χ0n) is 10.3. The molecule has 3 atom stereocenters. The molecule has 2 fully saturated rings. The first kappa shape index (κ1) is 12.9. The van der Waals surface area contributed by atoms with Crippen molar-refractivity contribution in [2.45, 2.75) is 32.1 Å². The molecule has 3 unspecified atom stereocenters. The molecular formula is C15H17BrClF. The van der Waals surface area contributed by atoms with Gasteiger partial charge >= 0.3 is 0 Å². The average Bonchev–Trinajstić information content (AvgIpc) is 2.94. The zero-order valence-corrected chi connectivity index (χ0v) is 12.6. The summed E-state index contributed by atoms with van der Waals surface area (Å²) in [5, 5.41) is 0. The maximum absolute atomic E-state index is 13.9. The lowest BCUT2D eigenvalue weighted by molar-refractivity contribution is 0.191. The predicted molar refractivity (Wildman–Crippen MR) is 76.4 cm³/mol. The molecule has 18 heavy (non-hydrogen) atoms. The van der Waals surface area contributed by atoms with Crippen LogP contribution < -0.4 is 0 Å². The lowest BCUT2D eigenvalue weighted by atomic mass is 9.71. The second-order valence-corrected chi connectivity index (χ2v) is 7.17. The van der Waals surface area contributed by atoms with Crippen molar-refractivity contribution >= 4 is 27.5 Å². The van der Waals surface area contributed by atoms with E-state index in [1.54, 1.807) is 12.1 Å². The molecule has 0 nitrogen and oxygen atoms in total. The SMILES string of the molecule is Fc1ccc(Br)cc1CC1(CCl)CC2CCC1C2. The molecule has 1 aromatic carbocycles. The molecular weight excluding hydrogens is 315 g/mol. The van der Waals surface area contributed by atoms with Gasteiger partial charge in [-0.3, -0.25) is 0 Å². The van der Waals surface area contributed by atoms with Crippen molar-refractivity contribution in [2.75, 3.05) is 5.88 Å². The van der Waals surface area contributed by atoms with Crippen molar-refractivity contribution in [1.29, 1.82) is 0 Å². The number of alkyl halides is 1. The van der Waals surface area contributed by atoms with Crippen LogP contribution >= 0.6 is 27.5 Å². The maximum Gasteiger partial charge on any atom is 0.126 e. The third-order valence-corrected chi connectivity index (χ3v) is 5.94. The molecule has 0 N–H and O–H groups in total. The van der Waals surface area contributed by atoms with E-state index in [4.69, 9.17) is 11.6 Å². The van der Waals surface area contributed by atoms with Crippen molar-refractivity contribution in [3.05, 3.63) is 34.1 Å². The molecule has 0 amide bonds. The minimum atomic E-state index is -0.0922. The van der Waals surface area contributed by atoms with E-state index in [2.05, 4.69) is 15.9 Å². The highest BCUT2D eigenvalue weighted by atomic mass is 79.9. The van der Waals surface area contributed by atoms with E-state index in [-0.39, 0.29) is 11.2 Å². The summed E-state index contributed by atoms with van der Waals surface area (Å²) in [6.07, 6.45) is 5.93. The summed E-state index contributed by atoms with van der Waals surface area (Å²) < 4.78 is 14.9. The van der Waals surface area contributed by atoms with E-state index in [0.29, 0.717) is 11.8 Å². The van der Waals surface area contributed by atoms with Crippen LogP contribution in [0.25, 0.3) is 0 Å². The Hall–Kier alpha value is -0.0800. The Morgan fingerprint density at radius 2 is 2.22 bits per heavy atom. The van der Waals surface area contributed by atoms with E-state index in [0.717, 1.165) is 22.4 Å². The smallest absolute Gasteiger partial charge is 0.126 e. The summed E-state index contributed by atoms with van der Waals surface area (Å²) in [7, 11) is 0. The Balaban J connectivity index is 1.88. The molecule has 98 valence electrons. The van der Waals surface area contributed by atoms with Gasteiger partial charge in [-0.2, -0.15) is 0 Å². The van der Waals surface area contributed by atoms with Gasteiger partial charge in [0.2, 0.25) is 0 Å². The van der Waals surface area contributed by atoms with E-state index in [1.807, 2.05) is 6.07 Å². The molecule has 0 heterocycles. The van der Waals surface area contributed by atoms with E-state index in [9.17, 15) is 4.39 Å². The van der Waals surface area contributed by atoms with E-state index in [1.165, 1.54) is 25.7 Å². The fourth-order valence-corrected chi connectivity index (χ4v) is 4.87. The molecule has 1 aromatic rings. The Morgan fingerprint density at radius 1 is 1.39 bits per heavy atom. The quantitative estimate of drug-likeness (QED) is 0.670. The van der Waals surface area contributed by atoms with Gasteiger partial charge in [-0.25, -0.2) is 4.39 Å². The van der Waals surface area contributed by atoms with Crippen molar-refractivity contribution in [2.24, 2.45) is 17.3 Å². The molecule has 0 aromatic heterocycles. The van der Waals surface area contributed by atoms with Crippen LogP contribution in [-0.4, -0.2) is 5.88 Å². The topological polar surface area (TPSA) is 0 Å². The van der Waals surface area contributed by atoms with Crippen molar-refractivity contribution < 1.29 is 4.39 Å². The molecule has 2 saturated carbocycles. The third-order valence-electron chi connectivity index (χ3n) is 4.92. The van der Waals surface area contributed by atoms with Gasteiger partial charge in [-0.1, -0.05) is 22.4 Å². The number of hydrogen-bond acceptors (Lipinski definition) is 0. The number of hydrogen-bond donors (Lipinski definition) is 0. The summed E-state index contributed by atoms with van der Waals surface area (Å²) in [6.45, 7) is 0. The van der Waals surface area contributed by atoms with Gasteiger partial charge < -0.3 is 0 Å². The first-order valence-electron chi connectivity index (χ1n) is 6.63. The van der Waals surface area contributed by atoms with Crippen LogP contribution in [0, 0.1) is 23.1 Å². The lowest BCUT2D eigenvalue weighted by Crippen LogP contribution is -2.32. The fraction of sp³-hybridized carbons (Fsp3) is 0.600. The fourth-order valence-electron chi connectivity index (χ4n) is 4.04. The molecule has 2 aliphatic carbocycles. The van der Waals surface area contributed by atoms with Gasteiger partial charge in [0.05, 0.1) is 0 Å². The largest absolute Gasteiger partial charge is 0.207 e. The van der Waals surface area contributed by atoms with E-state index >= 15 is 0 Å².